The molecule has 0 unspecified atom stereocenters. The number of anilines is 1. The molecule has 1 aliphatic rings. The molecule has 0 N–H and O–H groups in total. The number of ether oxygens (including phenoxy) is 1. The topological polar surface area (TPSA) is 77.5 Å². The van der Waals surface area contributed by atoms with Crippen LogP contribution in [-0.4, -0.2) is 50.5 Å². The first kappa shape index (κ1) is 21.2. The molecule has 0 bridgehead atoms. The van der Waals surface area contributed by atoms with Crippen molar-refractivity contribution >= 4 is 34.0 Å². The fourth-order valence-corrected chi connectivity index (χ4v) is 5.51. The smallest absolute Gasteiger partial charge is 0.258 e. The van der Waals surface area contributed by atoms with E-state index in [1.807, 2.05) is 12.3 Å². The van der Waals surface area contributed by atoms with Gasteiger partial charge in [-0.3, -0.25) is 13.8 Å². The first-order chi connectivity index (χ1) is 15.6. The van der Waals surface area contributed by atoms with Crippen LogP contribution in [0.3, 0.4) is 0 Å². The summed E-state index contributed by atoms with van der Waals surface area (Å²) in [5, 5.41) is 11.8. The summed E-state index contributed by atoms with van der Waals surface area (Å²) < 4.78 is 9.27. The fraction of sp³-hybridized carbons (Fsp3) is 0.364. The van der Waals surface area contributed by atoms with Crippen molar-refractivity contribution in [3.63, 3.8) is 0 Å². The quantitative estimate of drug-likeness (QED) is 0.402. The Morgan fingerprint density at radius 3 is 2.84 bits per heavy atom. The molecule has 0 amide bonds. The molecule has 32 heavy (non-hydrogen) atoms. The average Bonchev–Trinajstić information content (AvgIpc) is 3.42. The number of rotatable bonds is 6. The first-order valence-electron chi connectivity index (χ1n) is 10.6. The van der Waals surface area contributed by atoms with Crippen molar-refractivity contribution < 1.29 is 4.74 Å². The second kappa shape index (κ2) is 9.05. The van der Waals surface area contributed by atoms with Crippen LogP contribution in [0.15, 0.2) is 45.7 Å². The Labute approximate surface area is 193 Å². The number of thiazole rings is 1. The Kier molecular flexibility index (Phi) is 5.99. The molecule has 166 valence electrons. The van der Waals surface area contributed by atoms with E-state index in [-0.39, 0.29) is 5.56 Å². The third-order valence-electron chi connectivity index (χ3n) is 5.46. The summed E-state index contributed by atoms with van der Waals surface area (Å²) in [6, 6.07) is 10.1. The van der Waals surface area contributed by atoms with Gasteiger partial charge in [0.2, 0.25) is 5.95 Å². The van der Waals surface area contributed by atoms with Gasteiger partial charge in [-0.25, -0.2) is 4.98 Å². The summed E-state index contributed by atoms with van der Waals surface area (Å²) >= 11 is 3.02. The molecule has 1 fully saturated rings. The second-order valence-electron chi connectivity index (χ2n) is 7.61. The number of hydrogen-bond acceptors (Lipinski definition) is 8. The van der Waals surface area contributed by atoms with Crippen LogP contribution in [0.1, 0.15) is 23.9 Å². The second-order valence-corrected chi connectivity index (χ2v) is 9.39. The molecule has 1 aromatic carbocycles. The van der Waals surface area contributed by atoms with Crippen LogP contribution in [0.5, 0.6) is 0 Å². The predicted molar refractivity (Wildman–Crippen MR) is 127 cm³/mol. The van der Waals surface area contributed by atoms with Crippen LogP contribution in [0, 0.1) is 6.92 Å². The Morgan fingerprint density at radius 1 is 1.19 bits per heavy atom. The average molecular weight is 469 g/mol. The van der Waals surface area contributed by atoms with Crippen molar-refractivity contribution in [3.05, 3.63) is 63.0 Å². The van der Waals surface area contributed by atoms with Gasteiger partial charge in [-0.15, -0.1) is 21.5 Å². The van der Waals surface area contributed by atoms with Gasteiger partial charge < -0.3 is 9.64 Å². The molecule has 0 radical (unpaired) electrons. The lowest BCUT2D eigenvalue weighted by atomic mass is 10.1. The standard InChI is InChI=1S/C22H24N6O2S2/c1-3-16-5-4-6-18(11-16)28-20(26-7-9-30-10-8-26)24-25-22(28)32-14-17-12-19(29)27-15(2)13-31-21(27)23-17/h4-6,11-13H,3,7-10,14H2,1-2H3. The van der Waals surface area contributed by atoms with Crippen molar-refractivity contribution in [1.82, 2.24) is 24.1 Å². The zero-order chi connectivity index (χ0) is 22.1. The zero-order valence-corrected chi connectivity index (χ0v) is 19.7. The van der Waals surface area contributed by atoms with E-state index in [4.69, 9.17) is 4.74 Å². The van der Waals surface area contributed by atoms with E-state index >= 15 is 0 Å². The van der Waals surface area contributed by atoms with Crippen molar-refractivity contribution in [2.24, 2.45) is 0 Å². The molecular formula is C22H24N6O2S2. The maximum absolute atomic E-state index is 12.5. The SMILES string of the molecule is CCc1cccc(-n2c(SCc3cc(=O)n4c(C)csc4n3)nnc2N2CCOCC2)c1. The van der Waals surface area contributed by atoms with Crippen LogP contribution in [0.4, 0.5) is 5.95 Å². The third kappa shape index (κ3) is 4.05. The molecule has 5 rings (SSSR count). The lowest BCUT2D eigenvalue weighted by Crippen LogP contribution is -2.37. The maximum Gasteiger partial charge on any atom is 0.258 e. The van der Waals surface area contributed by atoms with Gasteiger partial charge in [0.25, 0.3) is 5.56 Å². The molecule has 1 saturated heterocycles. The van der Waals surface area contributed by atoms with E-state index in [1.54, 1.807) is 22.2 Å². The molecule has 0 spiro atoms. The molecule has 10 heteroatoms. The number of aryl methyl sites for hydroxylation is 2. The monoisotopic (exact) mass is 468 g/mol. The third-order valence-corrected chi connectivity index (χ3v) is 7.37. The number of thioether (sulfide) groups is 1. The minimum atomic E-state index is -0.0459. The highest BCUT2D eigenvalue weighted by atomic mass is 32.2. The van der Waals surface area contributed by atoms with Gasteiger partial charge in [-0.05, 0) is 31.0 Å². The van der Waals surface area contributed by atoms with E-state index in [2.05, 4.69) is 55.8 Å². The van der Waals surface area contributed by atoms with Gasteiger partial charge in [0, 0.05) is 36.0 Å². The number of morpholine rings is 1. The summed E-state index contributed by atoms with van der Waals surface area (Å²) in [4.78, 5) is 20.1. The summed E-state index contributed by atoms with van der Waals surface area (Å²) in [5.74, 6) is 1.36. The van der Waals surface area contributed by atoms with Gasteiger partial charge in [-0.2, -0.15) is 0 Å². The Hall–Kier alpha value is -2.69. The number of hydrogen-bond donors (Lipinski definition) is 0. The predicted octanol–water partition coefficient (Wildman–Crippen LogP) is 3.34. The Balaban J connectivity index is 1.49. The van der Waals surface area contributed by atoms with E-state index < -0.39 is 0 Å². The summed E-state index contributed by atoms with van der Waals surface area (Å²) in [5.41, 5.74) is 3.90. The zero-order valence-electron chi connectivity index (χ0n) is 18.0. The van der Waals surface area contributed by atoms with Crippen LogP contribution < -0.4 is 10.5 Å². The molecule has 8 nitrogen and oxygen atoms in total. The van der Waals surface area contributed by atoms with Crippen molar-refractivity contribution in [3.8, 4) is 5.69 Å². The van der Waals surface area contributed by atoms with Gasteiger partial charge in [0.05, 0.1) is 24.6 Å². The van der Waals surface area contributed by atoms with Crippen molar-refractivity contribution in [2.45, 2.75) is 31.2 Å². The Morgan fingerprint density at radius 2 is 2.03 bits per heavy atom. The molecule has 4 heterocycles. The summed E-state index contributed by atoms with van der Waals surface area (Å²) in [7, 11) is 0. The number of aromatic nitrogens is 5. The number of benzene rings is 1. The van der Waals surface area contributed by atoms with Crippen molar-refractivity contribution in [1.29, 1.82) is 0 Å². The summed E-state index contributed by atoms with van der Waals surface area (Å²) in [6.45, 7) is 6.99. The minimum absolute atomic E-state index is 0.0459. The minimum Gasteiger partial charge on any atom is -0.378 e. The molecule has 1 aliphatic heterocycles. The molecule has 4 aromatic rings. The lowest BCUT2D eigenvalue weighted by molar-refractivity contribution is 0.122. The van der Waals surface area contributed by atoms with E-state index in [0.717, 1.165) is 52.7 Å². The van der Waals surface area contributed by atoms with Gasteiger partial charge >= 0.3 is 0 Å². The number of fused-ring (bicyclic) bond motifs is 1. The lowest BCUT2D eigenvalue weighted by Gasteiger charge is -2.28. The van der Waals surface area contributed by atoms with E-state index in [0.29, 0.717) is 19.0 Å². The van der Waals surface area contributed by atoms with E-state index in [9.17, 15) is 4.79 Å². The highest BCUT2D eigenvalue weighted by molar-refractivity contribution is 7.98. The van der Waals surface area contributed by atoms with Crippen LogP contribution in [-0.2, 0) is 16.9 Å². The maximum atomic E-state index is 12.5. The van der Waals surface area contributed by atoms with E-state index in [1.165, 1.54) is 16.9 Å². The first-order valence-corrected chi connectivity index (χ1v) is 12.5. The van der Waals surface area contributed by atoms with Crippen LogP contribution in [0.2, 0.25) is 0 Å². The molecular weight excluding hydrogens is 444 g/mol. The van der Waals surface area contributed by atoms with Crippen LogP contribution >= 0.6 is 23.1 Å². The van der Waals surface area contributed by atoms with Gasteiger partial charge in [0.1, 0.15) is 0 Å². The van der Waals surface area contributed by atoms with Crippen LogP contribution in [0.25, 0.3) is 10.6 Å². The highest BCUT2D eigenvalue weighted by Crippen LogP contribution is 2.29. The molecule has 0 aliphatic carbocycles. The Bertz CT molecular complexity index is 1310. The molecule has 0 atom stereocenters. The molecule has 0 saturated carbocycles. The number of nitrogens with zero attached hydrogens (tertiary/aromatic N) is 6. The summed E-state index contributed by atoms with van der Waals surface area (Å²) in [6.07, 6.45) is 0.958. The van der Waals surface area contributed by atoms with Crippen molar-refractivity contribution in [2.75, 3.05) is 31.2 Å². The van der Waals surface area contributed by atoms with Gasteiger partial charge in [-0.1, -0.05) is 30.8 Å². The highest BCUT2D eigenvalue weighted by Gasteiger charge is 2.22. The molecule has 3 aromatic heterocycles. The van der Waals surface area contributed by atoms with Gasteiger partial charge in [0.15, 0.2) is 10.1 Å². The largest absolute Gasteiger partial charge is 0.378 e. The fourth-order valence-electron chi connectivity index (χ4n) is 3.78. The normalized spacial score (nSPS) is 14.4.